The van der Waals surface area contributed by atoms with Crippen molar-refractivity contribution < 1.29 is 9.53 Å². The van der Waals surface area contributed by atoms with Crippen LogP contribution in [0, 0.1) is 28.1 Å². The van der Waals surface area contributed by atoms with Crippen LogP contribution in [-0.4, -0.2) is 12.9 Å². The van der Waals surface area contributed by atoms with E-state index in [9.17, 15) is 10.1 Å². The number of hydrogen-bond donors (Lipinski definition) is 0. The van der Waals surface area contributed by atoms with Gasteiger partial charge < -0.3 is 4.74 Å². The zero-order valence-corrected chi connectivity index (χ0v) is 13.8. The minimum absolute atomic E-state index is 0.0481. The third-order valence-corrected chi connectivity index (χ3v) is 5.46. The Morgan fingerprint density at radius 2 is 1.90 bits per heavy atom. The van der Waals surface area contributed by atoms with Gasteiger partial charge in [-0.25, -0.2) is 0 Å². The normalized spacial score (nSPS) is 20.4. The summed E-state index contributed by atoms with van der Waals surface area (Å²) in [4.78, 5) is 12.8. The molecule has 0 heterocycles. The number of carbonyl (C=O) groups is 1. The summed E-state index contributed by atoms with van der Waals surface area (Å²) in [5.41, 5.74) is 0.367. The third-order valence-electron chi connectivity index (χ3n) is 5.22. The first kappa shape index (κ1) is 15.9. The number of nitriles is 1. The molecule has 0 aliphatic heterocycles. The lowest BCUT2D eigenvalue weighted by Gasteiger charge is -2.14. The van der Waals surface area contributed by atoms with Crippen LogP contribution in [0.3, 0.4) is 0 Å². The van der Waals surface area contributed by atoms with Gasteiger partial charge in [0.05, 0.1) is 13.2 Å². The van der Waals surface area contributed by atoms with Crippen LogP contribution in [0.15, 0.2) is 18.2 Å². The monoisotopic (exact) mass is 305 g/mol. The molecule has 1 saturated carbocycles. The second kappa shape index (κ2) is 5.03. The molecule has 1 aromatic carbocycles. The van der Waals surface area contributed by atoms with E-state index in [1.807, 2.05) is 0 Å². The molecule has 0 aromatic heterocycles. The van der Waals surface area contributed by atoms with Crippen molar-refractivity contribution in [2.24, 2.45) is 16.7 Å². The van der Waals surface area contributed by atoms with Crippen molar-refractivity contribution in [3.8, 4) is 11.8 Å². The summed E-state index contributed by atoms with van der Waals surface area (Å²) in [5, 5.41) is 10.0. The minimum atomic E-state index is -0.843. The molecule has 112 valence electrons. The number of nitrogens with zero attached hydrogens (tertiary/aromatic N) is 1. The molecule has 0 spiro atoms. The van der Waals surface area contributed by atoms with Crippen LogP contribution < -0.4 is 4.74 Å². The third kappa shape index (κ3) is 2.32. The zero-order chi connectivity index (χ0) is 16.0. The van der Waals surface area contributed by atoms with Gasteiger partial charge in [0.2, 0.25) is 0 Å². The van der Waals surface area contributed by atoms with Crippen LogP contribution in [0.1, 0.15) is 39.2 Å². The number of halogens is 1. The Kier molecular flexibility index (Phi) is 3.80. The summed E-state index contributed by atoms with van der Waals surface area (Å²) < 4.78 is 5.28. The molecule has 21 heavy (non-hydrogen) atoms. The molecular weight excluding hydrogens is 286 g/mol. The quantitative estimate of drug-likeness (QED) is 0.837. The lowest BCUT2D eigenvalue weighted by Crippen LogP contribution is -2.17. The number of benzene rings is 1. The Bertz CT molecular complexity index is 614. The molecule has 1 aliphatic carbocycles. The van der Waals surface area contributed by atoms with E-state index >= 15 is 0 Å². The molecule has 1 atom stereocenters. The first-order valence-electron chi connectivity index (χ1n) is 6.95. The first-order chi connectivity index (χ1) is 9.68. The SMILES string of the molecule is COc1ccc(Cl)cc1C(C#N)C(=O)C1C(C)(C)C1(C)C. The zero-order valence-electron chi connectivity index (χ0n) is 13.0. The molecule has 2 rings (SSSR count). The van der Waals surface area contributed by atoms with Gasteiger partial charge in [0.15, 0.2) is 5.78 Å². The highest BCUT2D eigenvalue weighted by Gasteiger charge is 2.68. The van der Waals surface area contributed by atoms with Gasteiger partial charge in [0.25, 0.3) is 0 Å². The van der Waals surface area contributed by atoms with Crippen molar-refractivity contribution in [2.45, 2.75) is 33.6 Å². The predicted molar refractivity (Wildman–Crippen MR) is 82.4 cm³/mol. The highest BCUT2D eigenvalue weighted by molar-refractivity contribution is 6.30. The van der Waals surface area contributed by atoms with Crippen molar-refractivity contribution in [2.75, 3.05) is 7.11 Å². The summed E-state index contributed by atoms with van der Waals surface area (Å²) >= 11 is 6.01. The van der Waals surface area contributed by atoms with Crippen molar-refractivity contribution >= 4 is 17.4 Å². The van der Waals surface area contributed by atoms with E-state index in [2.05, 4.69) is 33.8 Å². The van der Waals surface area contributed by atoms with E-state index in [-0.39, 0.29) is 22.5 Å². The number of Topliss-reactive ketones (excluding diaryl/α,β-unsaturated/α-hetero) is 1. The number of rotatable bonds is 4. The summed E-state index contributed by atoms with van der Waals surface area (Å²) in [7, 11) is 1.52. The fraction of sp³-hybridized carbons (Fsp3) is 0.529. The number of ether oxygens (including phenoxy) is 1. The standard InChI is InChI=1S/C17H20ClNO2/c1-16(2)15(17(16,3)4)14(20)12(9-19)11-8-10(18)6-7-13(11)21-5/h6-8,12,15H,1-5H3. The van der Waals surface area contributed by atoms with Crippen LogP contribution >= 0.6 is 11.6 Å². The van der Waals surface area contributed by atoms with Crippen LogP contribution in [0.5, 0.6) is 5.75 Å². The summed E-state index contributed by atoms with van der Waals surface area (Å²) in [5.74, 6) is -0.494. The topological polar surface area (TPSA) is 50.1 Å². The Morgan fingerprint density at radius 3 is 2.33 bits per heavy atom. The van der Waals surface area contributed by atoms with Gasteiger partial charge in [0, 0.05) is 16.5 Å². The number of carbonyl (C=O) groups excluding carboxylic acids is 1. The van der Waals surface area contributed by atoms with Gasteiger partial charge in [-0.3, -0.25) is 4.79 Å². The molecular formula is C17H20ClNO2. The van der Waals surface area contributed by atoms with Gasteiger partial charge in [0.1, 0.15) is 11.7 Å². The minimum Gasteiger partial charge on any atom is -0.496 e. The van der Waals surface area contributed by atoms with E-state index in [0.29, 0.717) is 16.3 Å². The highest BCUT2D eigenvalue weighted by atomic mass is 35.5. The van der Waals surface area contributed by atoms with Crippen LogP contribution in [0.4, 0.5) is 0 Å². The fourth-order valence-corrected chi connectivity index (χ4v) is 3.47. The summed E-state index contributed by atoms with van der Waals surface area (Å²) in [6.45, 7) is 8.27. The molecule has 3 nitrogen and oxygen atoms in total. The van der Waals surface area contributed by atoms with Gasteiger partial charge in [-0.1, -0.05) is 39.3 Å². The van der Waals surface area contributed by atoms with E-state index in [0.717, 1.165) is 0 Å². The van der Waals surface area contributed by atoms with Crippen molar-refractivity contribution in [1.82, 2.24) is 0 Å². The molecule has 0 bridgehead atoms. The lowest BCUT2D eigenvalue weighted by atomic mass is 9.90. The molecule has 4 heteroatoms. The number of hydrogen-bond acceptors (Lipinski definition) is 3. The Balaban J connectivity index is 2.41. The van der Waals surface area contributed by atoms with Gasteiger partial charge in [-0.2, -0.15) is 5.26 Å². The molecule has 1 unspecified atom stereocenters. The van der Waals surface area contributed by atoms with Gasteiger partial charge >= 0.3 is 0 Å². The maximum absolute atomic E-state index is 12.8. The maximum Gasteiger partial charge on any atom is 0.158 e. The van der Waals surface area contributed by atoms with Crippen LogP contribution in [0.25, 0.3) is 0 Å². The van der Waals surface area contributed by atoms with Crippen LogP contribution in [-0.2, 0) is 4.79 Å². The fourth-order valence-electron chi connectivity index (χ4n) is 3.29. The Labute approximate surface area is 130 Å². The molecule has 1 fully saturated rings. The Hall–Kier alpha value is -1.53. The second-order valence-electron chi connectivity index (χ2n) is 6.73. The average molecular weight is 306 g/mol. The second-order valence-corrected chi connectivity index (χ2v) is 7.16. The number of ketones is 1. The molecule has 0 saturated heterocycles. The lowest BCUT2D eigenvalue weighted by molar-refractivity contribution is -0.121. The largest absolute Gasteiger partial charge is 0.496 e. The van der Waals surface area contributed by atoms with Crippen molar-refractivity contribution in [3.05, 3.63) is 28.8 Å². The molecule has 1 aromatic rings. The molecule has 0 amide bonds. The maximum atomic E-state index is 12.8. The van der Waals surface area contributed by atoms with Crippen molar-refractivity contribution in [3.63, 3.8) is 0 Å². The molecule has 0 N–H and O–H groups in total. The van der Waals surface area contributed by atoms with E-state index in [1.54, 1.807) is 18.2 Å². The smallest absolute Gasteiger partial charge is 0.158 e. The highest BCUT2D eigenvalue weighted by Crippen LogP contribution is 2.69. The van der Waals surface area contributed by atoms with Crippen molar-refractivity contribution in [1.29, 1.82) is 5.26 Å². The van der Waals surface area contributed by atoms with Gasteiger partial charge in [-0.05, 0) is 29.0 Å². The Morgan fingerprint density at radius 1 is 1.33 bits per heavy atom. The molecule has 0 radical (unpaired) electrons. The summed E-state index contributed by atoms with van der Waals surface area (Å²) in [6.07, 6.45) is 0. The first-order valence-corrected chi connectivity index (χ1v) is 7.33. The van der Waals surface area contributed by atoms with Gasteiger partial charge in [-0.15, -0.1) is 0 Å². The van der Waals surface area contributed by atoms with E-state index in [4.69, 9.17) is 16.3 Å². The number of methoxy groups -OCH3 is 1. The summed E-state index contributed by atoms with van der Waals surface area (Å²) in [6, 6.07) is 7.16. The van der Waals surface area contributed by atoms with E-state index < -0.39 is 5.92 Å². The average Bonchev–Trinajstić information content (AvgIpc) is 2.80. The van der Waals surface area contributed by atoms with Crippen LogP contribution in [0.2, 0.25) is 5.02 Å². The predicted octanol–water partition coefficient (Wildman–Crippen LogP) is 4.21. The van der Waals surface area contributed by atoms with E-state index in [1.165, 1.54) is 7.11 Å². The molecule has 1 aliphatic rings.